The number of aromatic amines is 1. The number of para-hydroxylation sites is 2. The normalized spacial score (nSPS) is 12.2. The fraction of sp³-hybridized carbons (Fsp3) is 0.151. The minimum absolute atomic E-state index is 0.0182. The van der Waals surface area contributed by atoms with Crippen LogP contribution in [0.25, 0.3) is 66.7 Å². The minimum Gasteiger partial charge on any atom is -0.353 e. The first-order valence-corrected chi connectivity index (χ1v) is 20.6. The molecule has 60 heavy (non-hydrogen) atoms. The molecule has 0 aliphatic heterocycles. The van der Waals surface area contributed by atoms with Crippen LogP contribution < -0.4 is 4.90 Å². The molecular weight excluding hydrogens is 735 g/mol. The molecule has 0 spiro atoms. The molecule has 4 aromatic heterocycles. The molecule has 0 amide bonds. The van der Waals surface area contributed by atoms with Crippen molar-refractivity contribution in [2.45, 2.75) is 52.4 Å². The lowest BCUT2D eigenvalue weighted by atomic mass is 9.84. The van der Waals surface area contributed by atoms with Crippen molar-refractivity contribution < 1.29 is 0 Å². The molecule has 1 N–H and O–H groups in total. The van der Waals surface area contributed by atoms with Gasteiger partial charge in [-0.15, -0.1) is 5.10 Å². The molecule has 7 heteroatoms. The number of rotatable bonds is 7. The van der Waals surface area contributed by atoms with E-state index in [-0.39, 0.29) is 10.8 Å². The lowest BCUT2D eigenvalue weighted by Crippen LogP contribution is -2.13. The summed E-state index contributed by atoms with van der Waals surface area (Å²) in [6, 6.07) is 55.3. The number of hydrogen-bond donors (Lipinski definition) is 1. The van der Waals surface area contributed by atoms with E-state index in [2.05, 4.69) is 194 Å². The van der Waals surface area contributed by atoms with E-state index in [1.165, 1.54) is 21.9 Å². The summed E-state index contributed by atoms with van der Waals surface area (Å²) < 4.78 is 4.22. The number of anilines is 3. The number of benzene rings is 6. The zero-order valence-electron chi connectivity index (χ0n) is 34.8. The summed E-state index contributed by atoms with van der Waals surface area (Å²) in [5.74, 6) is 3.04. The van der Waals surface area contributed by atoms with Gasteiger partial charge in [0, 0.05) is 39.1 Å². The van der Waals surface area contributed by atoms with Crippen LogP contribution in [0.1, 0.15) is 52.7 Å². The maximum Gasteiger partial charge on any atom is 0.169 e. The van der Waals surface area contributed by atoms with Crippen molar-refractivity contribution in [3.63, 3.8) is 0 Å². The second kappa shape index (κ2) is 14.2. The van der Waals surface area contributed by atoms with Gasteiger partial charge in [-0.3, -0.25) is 9.47 Å². The summed E-state index contributed by atoms with van der Waals surface area (Å²) in [7, 11) is 0. The molecule has 0 saturated heterocycles. The van der Waals surface area contributed by atoms with E-state index in [1.54, 1.807) is 0 Å². The smallest absolute Gasteiger partial charge is 0.169 e. The lowest BCUT2D eigenvalue weighted by molar-refractivity contribution is 0.590. The van der Waals surface area contributed by atoms with E-state index in [0.29, 0.717) is 0 Å². The highest BCUT2D eigenvalue weighted by Gasteiger charge is 2.27. The standard InChI is InChI=1S/C53H47N7/c1-52(2,3)38-26-27-44-42(31-38)43-32-39(53(4,5)6)33-46(49(43)55-44)60-45-25-17-16-24-41(45)51(57-60)59(40-22-14-9-15-23-40)48-34-58(50(56-48)36-20-12-8-13-21-36)47-30-37(28-29-54-47)35-18-10-7-11-19-35/h7-34,55H,1-6H3. The van der Waals surface area contributed by atoms with Gasteiger partial charge >= 0.3 is 0 Å². The van der Waals surface area contributed by atoms with Crippen LogP contribution in [0.4, 0.5) is 17.3 Å². The van der Waals surface area contributed by atoms with E-state index >= 15 is 0 Å². The quantitative estimate of drug-likeness (QED) is 0.175. The van der Waals surface area contributed by atoms with Crippen molar-refractivity contribution in [3.8, 4) is 34.0 Å². The highest BCUT2D eigenvalue weighted by Crippen LogP contribution is 2.42. The highest BCUT2D eigenvalue weighted by molar-refractivity contribution is 6.11. The average Bonchev–Trinajstić information content (AvgIpc) is 3.98. The van der Waals surface area contributed by atoms with Gasteiger partial charge < -0.3 is 4.98 Å². The Morgan fingerprint density at radius 1 is 0.567 bits per heavy atom. The van der Waals surface area contributed by atoms with Gasteiger partial charge in [0.05, 0.1) is 22.9 Å². The van der Waals surface area contributed by atoms with Crippen LogP contribution in [0.5, 0.6) is 0 Å². The molecule has 0 bridgehead atoms. The predicted octanol–water partition coefficient (Wildman–Crippen LogP) is 13.6. The SMILES string of the molecule is CC(C)(C)c1ccc2[nH]c3c(-n4nc(N(c5ccccc5)c5cn(-c6cc(-c7ccccc7)ccn6)c(-c6ccccc6)n5)c5ccccc54)cc(C(C)(C)C)cc3c2c1. The third-order valence-corrected chi connectivity index (χ3v) is 11.5. The number of imidazole rings is 1. The Morgan fingerprint density at radius 3 is 1.93 bits per heavy atom. The molecule has 10 aromatic rings. The van der Waals surface area contributed by atoms with Gasteiger partial charge in [0.15, 0.2) is 11.6 Å². The van der Waals surface area contributed by atoms with Crippen LogP contribution in [0.3, 0.4) is 0 Å². The summed E-state index contributed by atoms with van der Waals surface area (Å²) in [5, 5.41) is 9.02. The van der Waals surface area contributed by atoms with Gasteiger partial charge in [0.25, 0.3) is 0 Å². The molecule has 10 rings (SSSR count). The summed E-state index contributed by atoms with van der Waals surface area (Å²) in [6.07, 6.45) is 3.96. The highest BCUT2D eigenvalue weighted by atomic mass is 15.4. The Hall–Kier alpha value is -7.25. The topological polar surface area (TPSA) is 67.6 Å². The van der Waals surface area contributed by atoms with Crippen molar-refractivity contribution in [3.05, 3.63) is 181 Å². The molecule has 7 nitrogen and oxygen atoms in total. The van der Waals surface area contributed by atoms with E-state index in [1.807, 2.05) is 36.5 Å². The van der Waals surface area contributed by atoms with Crippen molar-refractivity contribution in [1.82, 2.24) is 29.3 Å². The zero-order chi connectivity index (χ0) is 41.2. The van der Waals surface area contributed by atoms with Gasteiger partial charge in [0.1, 0.15) is 11.6 Å². The Balaban J connectivity index is 1.22. The molecule has 6 aromatic carbocycles. The number of pyridine rings is 1. The number of fused-ring (bicyclic) bond motifs is 4. The molecule has 0 aliphatic rings. The maximum absolute atomic E-state index is 5.61. The average molecular weight is 782 g/mol. The van der Waals surface area contributed by atoms with E-state index in [0.717, 1.165) is 73.3 Å². The second-order valence-corrected chi connectivity index (χ2v) is 17.7. The summed E-state index contributed by atoms with van der Waals surface area (Å²) in [6.45, 7) is 13.7. The third-order valence-electron chi connectivity index (χ3n) is 11.5. The predicted molar refractivity (Wildman–Crippen MR) is 248 cm³/mol. The Bertz CT molecular complexity index is 3160. The number of hydrogen-bond acceptors (Lipinski definition) is 4. The van der Waals surface area contributed by atoms with E-state index < -0.39 is 0 Å². The zero-order valence-corrected chi connectivity index (χ0v) is 34.8. The first kappa shape index (κ1) is 37.0. The molecule has 0 radical (unpaired) electrons. The summed E-state index contributed by atoms with van der Waals surface area (Å²) in [4.78, 5) is 16.4. The fourth-order valence-electron chi connectivity index (χ4n) is 8.19. The Morgan fingerprint density at radius 2 is 1.22 bits per heavy atom. The van der Waals surface area contributed by atoms with Crippen LogP contribution in [-0.4, -0.2) is 29.3 Å². The van der Waals surface area contributed by atoms with Gasteiger partial charge in [0.2, 0.25) is 0 Å². The van der Waals surface area contributed by atoms with Crippen molar-refractivity contribution in [2.75, 3.05) is 4.90 Å². The number of aromatic nitrogens is 6. The van der Waals surface area contributed by atoms with Crippen LogP contribution in [0.15, 0.2) is 170 Å². The van der Waals surface area contributed by atoms with Crippen molar-refractivity contribution in [1.29, 1.82) is 0 Å². The van der Waals surface area contributed by atoms with Gasteiger partial charge in [-0.2, -0.15) is 0 Å². The largest absolute Gasteiger partial charge is 0.353 e. The fourth-order valence-corrected chi connectivity index (χ4v) is 8.19. The van der Waals surface area contributed by atoms with Gasteiger partial charge in [-0.05, 0) is 93.7 Å². The van der Waals surface area contributed by atoms with Crippen LogP contribution in [0, 0.1) is 0 Å². The van der Waals surface area contributed by atoms with E-state index in [9.17, 15) is 0 Å². The third kappa shape index (κ3) is 6.52. The minimum atomic E-state index is -0.109. The van der Waals surface area contributed by atoms with E-state index in [4.69, 9.17) is 15.1 Å². The molecular formula is C53H47N7. The maximum atomic E-state index is 5.61. The molecule has 0 atom stereocenters. The van der Waals surface area contributed by atoms with Crippen LogP contribution >= 0.6 is 0 Å². The summed E-state index contributed by atoms with van der Waals surface area (Å²) in [5.41, 5.74) is 10.7. The molecule has 4 heterocycles. The van der Waals surface area contributed by atoms with Crippen molar-refractivity contribution in [2.24, 2.45) is 0 Å². The second-order valence-electron chi connectivity index (χ2n) is 17.7. The Kier molecular flexibility index (Phi) is 8.79. The number of nitrogens with zero attached hydrogens (tertiary/aromatic N) is 6. The Labute approximate surface area is 350 Å². The van der Waals surface area contributed by atoms with Gasteiger partial charge in [-0.25, -0.2) is 14.6 Å². The number of nitrogens with one attached hydrogen (secondary N) is 1. The van der Waals surface area contributed by atoms with Crippen LogP contribution in [-0.2, 0) is 10.8 Å². The summed E-state index contributed by atoms with van der Waals surface area (Å²) >= 11 is 0. The molecule has 0 saturated carbocycles. The molecule has 0 fully saturated rings. The molecule has 0 unspecified atom stereocenters. The lowest BCUT2D eigenvalue weighted by Gasteiger charge is -2.21. The first-order chi connectivity index (χ1) is 29.0. The molecule has 0 aliphatic carbocycles. The van der Waals surface area contributed by atoms with Crippen molar-refractivity contribution >= 4 is 50.0 Å². The monoisotopic (exact) mass is 781 g/mol. The van der Waals surface area contributed by atoms with Crippen LogP contribution in [0.2, 0.25) is 0 Å². The molecule has 294 valence electrons. The number of H-pyrrole nitrogens is 1. The van der Waals surface area contributed by atoms with Gasteiger partial charge in [-0.1, -0.05) is 139 Å². The first-order valence-electron chi connectivity index (χ1n) is 20.6.